The van der Waals surface area contributed by atoms with Crippen LogP contribution in [0.15, 0.2) is 52.2 Å². The van der Waals surface area contributed by atoms with Crippen LogP contribution in [0.25, 0.3) is 0 Å². The van der Waals surface area contributed by atoms with Crippen molar-refractivity contribution >= 4 is 5.96 Å². The second-order valence-corrected chi connectivity index (χ2v) is 6.73. The summed E-state index contributed by atoms with van der Waals surface area (Å²) in [4.78, 5) is 9.25. The van der Waals surface area contributed by atoms with E-state index in [1.54, 1.807) is 6.26 Å². The van der Waals surface area contributed by atoms with Gasteiger partial charge in [0.1, 0.15) is 12.0 Å². The molecule has 0 aliphatic carbocycles. The molecular weight excluding hydrogens is 330 g/mol. The minimum absolute atomic E-state index is 0.220. The van der Waals surface area contributed by atoms with Gasteiger partial charge >= 0.3 is 0 Å². The summed E-state index contributed by atoms with van der Waals surface area (Å²) in [6.45, 7) is 5.08. The quantitative estimate of drug-likeness (QED) is 0.659. The number of nitrogens with one attached hydrogen (secondary N) is 1. The smallest absolute Gasteiger partial charge is 0.194 e. The lowest BCUT2D eigenvalue weighted by Gasteiger charge is -2.36. The Morgan fingerprint density at radius 1 is 1.27 bits per heavy atom. The highest BCUT2D eigenvalue weighted by Crippen LogP contribution is 2.24. The summed E-state index contributed by atoms with van der Waals surface area (Å²) in [7, 11) is 1.82. The van der Waals surface area contributed by atoms with Crippen LogP contribution in [-0.4, -0.2) is 66.4 Å². The zero-order chi connectivity index (χ0) is 17.8. The maximum atomic E-state index is 6.05. The number of hydrogen-bond donors (Lipinski definition) is 1. The normalized spacial score (nSPS) is 23.9. The highest BCUT2D eigenvalue weighted by molar-refractivity contribution is 5.80. The van der Waals surface area contributed by atoms with Crippen molar-refractivity contribution < 1.29 is 9.26 Å². The lowest BCUT2D eigenvalue weighted by molar-refractivity contribution is -0.0502. The number of nitrogens with zero attached hydrogens (tertiary/aromatic N) is 4. The summed E-state index contributed by atoms with van der Waals surface area (Å²) in [5.41, 5.74) is 2.21. The molecule has 7 heteroatoms. The zero-order valence-electron chi connectivity index (χ0n) is 15.0. The van der Waals surface area contributed by atoms with E-state index in [0.29, 0.717) is 12.6 Å². The largest absolute Gasteiger partial charge is 0.373 e. The number of rotatable bonds is 4. The zero-order valence-corrected chi connectivity index (χ0v) is 15.0. The summed E-state index contributed by atoms with van der Waals surface area (Å²) < 4.78 is 10.9. The molecule has 0 radical (unpaired) electrons. The molecule has 0 amide bonds. The highest BCUT2D eigenvalue weighted by Gasteiger charge is 2.41. The summed E-state index contributed by atoms with van der Waals surface area (Å²) >= 11 is 0. The number of likely N-dealkylation sites (tertiary alicyclic amines) is 1. The summed E-state index contributed by atoms with van der Waals surface area (Å²) in [5, 5.41) is 7.30. The van der Waals surface area contributed by atoms with Crippen LogP contribution in [0.1, 0.15) is 11.3 Å². The maximum Gasteiger partial charge on any atom is 0.194 e. The van der Waals surface area contributed by atoms with Crippen LogP contribution >= 0.6 is 0 Å². The Labute approximate surface area is 153 Å². The van der Waals surface area contributed by atoms with E-state index >= 15 is 0 Å². The molecule has 1 aromatic heterocycles. The van der Waals surface area contributed by atoms with Crippen molar-refractivity contribution in [1.82, 2.24) is 20.3 Å². The Balaban J connectivity index is 1.39. The van der Waals surface area contributed by atoms with Crippen LogP contribution in [0.3, 0.4) is 0 Å². The third kappa shape index (κ3) is 3.73. The molecule has 3 heterocycles. The van der Waals surface area contributed by atoms with Crippen LogP contribution in [0.4, 0.5) is 0 Å². The van der Waals surface area contributed by atoms with Gasteiger partial charge in [0.2, 0.25) is 0 Å². The predicted molar refractivity (Wildman–Crippen MR) is 98.7 cm³/mol. The highest BCUT2D eigenvalue weighted by atomic mass is 16.5. The van der Waals surface area contributed by atoms with Crippen molar-refractivity contribution in [3.8, 4) is 0 Å². The molecule has 1 N–H and O–H groups in total. The first-order chi connectivity index (χ1) is 12.8. The first-order valence-electron chi connectivity index (χ1n) is 9.08. The molecule has 26 heavy (non-hydrogen) atoms. The summed E-state index contributed by atoms with van der Waals surface area (Å²) in [5.74, 6) is 0.880. The number of aliphatic imine (C=N–C) groups is 1. The Kier molecular flexibility index (Phi) is 5.17. The summed E-state index contributed by atoms with van der Waals surface area (Å²) in [6.07, 6.45) is 1.80. The molecule has 2 aliphatic heterocycles. The Bertz CT molecular complexity index is 719. The molecule has 138 valence electrons. The number of guanidine groups is 1. The van der Waals surface area contributed by atoms with E-state index in [2.05, 4.69) is 55.6 Å². The first kappa shape index (κ1) is 17.1. The molecule has 2 aliphatic rings. The van der Waals surface area contributed by atoms with E-state index in [1.807, 2.05) is 13.1 Å². The summed E-state index contributed by atoms with van der Waals surface area (Å²) in [6, 6.07) is 12.9. The van der Waals surface area contributed by atoms with E-state index in [4.69, 9.17) is 9.26 Å². The van der Waals surface area contributed by atoms with Crippen molar-refractivity contribution in [3.05, 3.63) is 53.9 Å². The molecule has 4 rings (SSSR count). The van der Waals surface area contributed by atoms with Crippen LogP contribution in [-0.2, 0) is 17.8 Å². The topological polar surface area (TPSA) is 66.1 Å². The molecule has 0 bridgehead atoms. The molecule has 1 aromatic carbocycles. The average molecular weight is 355 g/mol. The molecule has 2 atom stereocenters. The molecule has 0 spiro atoms. The first-order valence-corrected chi connectivity index (χ1v) is 9.08. The van der Waals surface area contributed by atoms with Crippen molar-refractivity contribution in [2.45, 2.75) is 25.2 Å². The number of benzene rings is 1. The van der Waals surface area contributed by atoms with E-state index in [1.165, 1.54) is 5.56 Å². The Morgan fingerprint density at radius 2 is 2.15 bits per heavy atom. The van der Waals surface area contributed by atoms with Crippen molar-refractivity contribution in [3.63, 3.8) is 0 Å². The van der Waals surface area contributed by atoms with Gasteiger partial charge in [0.25, 0.3) is 0 Å². The fourth-order valence-corrected chi connectivity index (χ4v) is 3.78. The Morgan fingerprint density at radius 3 is 2.92 bits per heavy atom. The van der Waals surface area contributed by atoms with Crippen molar-refractivity contribution in [2.24, 2.45) is 4.99 Å². The number of fused-ring (bicyclic) bond motifs is 1. The van der Waals surface area contributed by atoms with Gasteiger partial charge in [0.05, 0.1) is 25.3 Å². The van der Waals surface area contributed by atoms with E-state index in [9.17, 15) is 0 Å². The van der Waals surface area contributed by atoms with Crippen LogP contribution in [0, 0.1) is 0 Å². The number of aromatic nitrogens is 1. The molecule has 2 unspecified atom stereocenters. The monoisotopic (exact) mass is 355 g/mol. The van der Waals surface area contributed by atoms with Gasteiger partial charge in [-0.3, -0.25) is 9.89 Å². The van der Waals surface area contributed by atoms with Gasteiger partial charge in [-0.05, 0) is 5.56 Å². The molecule has 2 saturated heterocycles. The van der Waals surface area contributed by atoms with E-state index in [-0.39, 0.29) is 6.10 Å². The fourth-order valence-electron chi connectivity index (χ4n) is 3.78. The van der Waals surface area contributed by atoms with Crippen LogP contribution in [0.2, 0.25) is 0 Å². The number of morpholine rings is 1. The molecular formula is C19H25N5O2. The van der Waals surface area contributed by atoms with Gasteiger partial charge < -0.3 is 19.5 Å². The second kappa shape index (κ2) is 7.88. The van der Waals surface area contributed by atoms with E-state index < -0.39 is 0 Å². The van der Waals surface area contributed by atoms with Gasteiger partial charge in [-0.25, -0.2) is 0 Å². The third-order valence-corrected chi connectivity index (χ3v) is 5.08. The van der Waals surface area contributed by atoms with Crippen molar-refractivity contribution in [2.75, 3.05) is 33.3 Å². The lowest BCUT2D eigenvalue weighted by atomic mass is 10.1. The molecule has 2 aromatic rings. The van der Waals surface area contributed by atoms with Crippen molar-refractivity contribution in [1.29, 1.82) is 0 Å². The lowest BCUT2D eigenvalue weighted by Crippen LogP contribution is -2.50. The predicted octanol–water partition coefficient (Wildman–Crippen LogP) is 1.34. The van der Waals surface area contributed by atoms with Crippen LogP contribution in [0.5, 0.6) is 0 Å². The van der Waals surface area contributed by atoms with Crippen LogP contribution < -0.4 is 5.32 Å². The van der Waals surface area contributed by atoms with Gasteiger partial charge in [-0.15, -0.1) is 0 Å². The third-order valence-electron chi connectivity index (χ3n) is 5.08. The minimum atomic E-state index is 0.220. The van der Waals surface area contributed by atoms with Gasteiger partial charge in [-0.2, -0.15) is 0 Å². The molecule has 0 saturated carbocycles. The number of ether oxygens (including phenoxy) is 1. The molecule has 2 fully saturated rings. The fraction of sp³-hybridized carbons (Fsp3) is 0.474. The minimum Gasteiger partial charge on any atom is -0.373 e. The second-order valence-electron chi connectivity index (χ2n) is 6.73. The average Bonchev–Trinajstić information content (AvgIpc) is 3.33. The van der Waals surface area contributed by atoms with Gasteiger partial charge in [-0.1, -0.05) is 35.5 Å². The maximum absolute atomic E-state index is 6.05. The molecule has 7 nitrogen and oxygen atoms in total. The van der Waals surface area contributed by atoms with Gasteiger partial charge in [0, 0.05) is 39.3 Å². The van der Waals surface area contributed by atoms with E-state index in [0.717, 1.165) is 44.4 Å². The standard InChI is InChI=1S/C19H25N5O2/c1-20-19(21-11-16-7-9-26-22-16)24-13-17-18(14-24)25-10-8-23(17)12-15-5-3-2-4-6-15/h2-7,9,17-18H,8,10-14H2,1H3,(H,20,21). The van der Waals surface area contributed by atoms with Gasteiger partial charge in [0.15, 0.2) is 5.96 Å². The number of hydrogen-bond acceptors (Lipinski definition) is 5. The SMILES string of the molecule is CN=C(NCc1ccon1)N1CC2OCCN(Cc3ccccc3)C2C1. The Hall–Kier alpha value is -2.38.